The molecule has 3 N–H and O–H groups in total. The van der Waals surface area contributed by atoms with Crippen molar-refractivity contribution < 1.29 is 14.6 Å². The summed E-state index contributed by atoms with van der Waals surface area (Å²) in [6.07, 6.45) is -1.12. The number of benzene rings is 1. The number of carbonyl (C=O) groups excluding carboxylic acids is 1. The summed E-state index contributed by atoms with van der Waals surface area (Å²) in [6, 6.07) is 8.06. The van der Waals surface area contributed by atoms with Crippen molar-refractivity contribution in [3.05, 3.63) is 41.6 Å². The largest absolute Gasteiger partial charge is 0.465 e. The van der Waals surface area contributed by atoms with Gasteiger partial charge < -0.3 is 15.6 Å². The van der Waals surface area contributed by atoms with E-state index in [2.05, 4.69) is 4.98 Å². The van der Waals surface area contributed by atoms with Gasteiger partial charge in [-0.3, -0.25) is 9.78 Å². The van der Waals surface area contributed by atoms with Crippen LogP contribution in [0.4, 0.5) is 0 Å². The van der Waals surface area contributed by atoms with Gasteiger partial charge in [0.05, 0.1) is 12.1 Å². The van der Waals surface area contributed by atoms with Crippen LogP contribution in [-0.4, -0.2) is 28.7 Å². The third kappa shape index (κ3) is 2.79. The van der Waals surface area contributed by atoms with Gasteiger partial charge in [0, 0.05) is 11.1 Å². The van der Waals surface area contributed by atoms with Gasteiger partial charge in [-0.25, -0.2) is 0 Å². The molecule has 0 aliphatic carbocycles. The van der Waals surface area contributed by atoms with E-state index in [1.165, 1.54) is 0 Å². The number of aryl methyl sites for hydroxylation is 1. The van der Waals surface area contributed by atoms with Crippen LogP contribution < -0.4 is 5.73 Å². The molecule has 0 spiro atoms. The minimum absolute atomic E-state index is 0.232. The number of hydrogen-bond acceptors (Lipinski definition) is 5. The number of aliphatic hydroxyl groups is 1. The van der Waals surface area contributed by atoms with Gasteiger partial charge in [0.15, 0.2) is 0 Å². The van der Waals surface area contributed by atoms with Crippen molar-refractivity contribution in [2.75, 3.05) is 6.61 Å². The molecule has 1 aromatic carbocycles. The van der Waals surface area contributed by atoms with Crippen LogP contribution in [0.25, 0.3) is 10.9 Å². The predicted molar refractivity (Wildman–Crippen MR) is 76.0 cm³/mol. The Bertz CT molecular complexity index is 628. The first-order valence-corrected chi connectivity index (χ1v) is 6.51. The van der Waals surface area contributed by atoms with Crippen LogP contribution in [0.2, 0.25) is 0 Å². The van der Waals surface area contributed by atoms with Crippen molar-refractivity contribution in [2.24, 2.45) is 5.73 Å². The quantitative estimate of drug-likeness (QED) is 0.825. The first-order chi connectivity index (χ1) is 9.54. The van der Waals surface area contributed by atoms with Crippen LogP contribution in [-0.2, 0) is 9.53 Å². The van der Waals surface area contributed by atoms with Gasteiger partial charge in [0.2, 0.25) is 0 Å². The smallest absolute Gasteiger partial charge is 0.325 e. The average molecular weight is 274 g/mol. The molecule has 0 saturated carbocycles. The Morgan fingerprint density at radius 2 is 2.15 bits per heavy atom. The first-order valence-electron chi connectivity index (χ1n) is 6.51. The zero-order chi connectivity index (χ0) is 14.7. The summed E-state index contributed by atoms with van der Waals surface area (Å²) in [5, 5.41) is 11.1. The predicted octanol–water partition coefficient (Wildman–Crippen LogP) is 1.47. The normalized spacial score (nSPS) is 14.0. The number of aliphatic hydroxyl groups excluding tert-OH is 1. The van der Waals surface area contributed by atoms with Gasteiger partial charge >= 0.3 is 5.97 Å². The van der Waals surface area contributed by atoms with Crippen molar-refractivity contribution in [1.82, 2.24) is 4.98 Å². The van der Waals surface area contributed by atoms with E-state index in [1.807, 2.05) is 31.2 Å². The van der Waals surface area contributed by atoms with Gasteiger partial charge in [-0.2, -0.15) is 0 Å². The van der Waals surface area contributed by atoms with E-state index in [0.717, 1.165) is 16.6 Å². The lowest BCUT2D eigenvalue weighted by atomic mass is 9.98. The first kappa shape index (κ1) is 14.4. The summed E-state index contributed by atoms with van der Waals surface area (Å²) in [5.41, 5.74) is 7.89. The van der Waals surface area contributed by atoms with Crippen molar-refractivity contribution in [2.45, 2.75) is 26.0 Å². The second kappa shape index (κ2) is 5.98. The number of carbonyl (C=O) groups is 1. The molecule has 1 aromatic heterocycles. The van der Waals surface area contributed by atoms with E-state index < -0.39 is 18.1 Å². The van der Waals surface area contributed by atoms with Crippen molar-refractivity contribution >= 4 is 16.9 Å². The van der Waals surface area contributed by atoms with E-state index in [9.17, 15) is 9.90 Å². The number of para-hydroxylation sites is 1. The van der Waals surface area contributed by atoms with Gasteiger partial charge in [0.1, 0.15) is 12.1 Å². The molecule has 2 aromatic rings. The van der Waals surface area contributed by atoms with Gasteiger partial charge in [0.25, 0.3) is 0 Å². The Kier molecular flexibility index (Phi) is 4.32. The summed E-state index contributed by atoms with van der Waals surface area (Å²) in [7, 11) is 0. The Balaban J connectivity index is 2.43. The van der Waals surface area contributed by atoms with Crippen LogP contribution in [0, 0.1) is 6.92 Å². The lowest BCUT2D eigenvalue weighted by molar-refractivity contribution is -0.147. The highest BCUT2D eigenvalue weighted by Crippen LogP contribution is 2.26. The van der Waals surface area contributed by atoms with Gasteiger partial charge in [-0.1, -0.05) is 18.2 Å². The second-order valence-corrected chi connectivity index (χ2v) is 4.59. The molecule has 1 heterocycles. The number of nitrogens with two attached hydrogens (primary N) is 1. The Hall–Kier alpha value is -1.98. The van der Waals surface area contributed by atoms with Crippen LogP contribution in [0.3, 0.4) is 0 Å². The van der Waals surface area contributed by atoms with Crippen LogP contribution in [0.15, 0.2) is 30.3 Å². The molecule has 0 bridgehead atoms. The van der Waals surface area contributed by atoms with Crippen molar-refractivity contribution in [3.8, 4) is 0 Å². The molecule has 0 saturated heterocycles. The average Bonchev–Trinajstić information content (AvgIpc) is 2.45. The lowest BCUT2D eigenvalue weighted by Crippen LogP contribution is -2.38. The number of pyridine rings is 1. The number of nitrogens with zero attached hydrogens (tertiary/aromatic N) is 1. The van der Waals surface area contributed by atoms with Crippen molar-refractivity contribution in [3.63, 3.8) is 0 Å². The molecule has 106 valence electrons. The molecule has 0 fully saturated rings. The Morgan fingerprint density at radius 3 is 2.85 bits per heavy atom. The second-order valence-electron chi connectivity index (χ2n) is 4.59. The zero-order valence-corrected chi connectivity index (χ0v) is 11.5. The third-order valence-corrected chi connectivity index (χ3v) is 3.09. The molecular formula is C15H18N2O3. The Labute approximate surface area is 117 Å². The molecular weight excluding hydrogens is 256 g/mol. The highest BCUT2D eigenvalue weighted by Gasteiger charge is 2.27. The maximum absolute atomic E-state index is 11.7. The standard InChI is InChI=1S/C15H18N2O3/c1-3-20-15(19)13(16)14(18)11-8-9(2)17-12-7-5-4-6-10(11)12/h4-8,13-14,18H,3,16H2,1-2H3. The summed E-state index contributed by atoms with van der Waals surface area (Å²) < 4.78 is 4.85. The molecule has 2 atom stereocenters. The highest BCUT2D eigenvalue weighted by molar-refractivity contribution is 5.84. The number of rotatable bonds is 4. The van der Waals surface area contributed by atoms with Crippen LogP contribution in [0.1, 0.15) is 24.3 Å². The summed E-state index contributed by atoms with van der Waals surface area (Å²) in [5.74, 6) is -0.612. The molecule has 0 aliphatic heterocycles. The number of hydrogen-bond donors (Lipinski definition) is 2. The minimum Gasteiger partial charge on any atom is -0.465 e. The van der Waals surface area contributed by atoms with E-state index in [0.29, 0.717) is 5.56 Å². The molecule has 5 nitrogen and oxygen atoms in total. The molecule has 5 heteroatoms. The fraction of sp³-hybridized carbons (Fsp3) is 0.333. The number of ether oxygens (including phenoxy) is 1. The fourth-order valence-electron chi connectivity index (χ4n) is 2.15. The number of aromatic nitrogens is 1. The van der Waals surface area contributed by atoms with E-state index in [1.54, 1.807) is 13.0 Å². The molecule has 20 heavy (non-hydrogen) atoms. The van der Waals surface area contributed by atoms with Crippen molar-refractivity contribution in [1.29, 1.82) is 0 Å². The van der Waals surface area contributed by atoms with Gasteiger partial charge in [-0.05, 0) is 31.5 Å². The van der Waals surface area contributed by atoms with Crippen LogP contribution in [0.5, 0.6) is 0 Å². The minimum atomic E-state index is -1.12. The monoisotopic (exact) mass is 274 g/mol. The SMILES string of the molecule is CCOC(=O)C(N)C(O)c1cc(C)nc2ccccc12. The molecule has 0 amide bonds. The summed E-state index contributed by atoms with van der Waals surface area (Å²) >= 11 is 0. The molecule has 0 aliphatic rings. The lowest BCUT2D eigenvalue weighted by Gasteiger charge is -2.19. The molecule has 2 unspecified atom stereocenters. The zero-order valence-electron chi connectivity index (χ0n) is 11.5. The van der Waals surface area contributed by atoms with E-state index >= 15 is 0 Å². The summed E-state index contributed by atoms with van der Waals surface area (Å²) in [4.78, 5) is 16.0. The number of esters is 1. The maximum Gasteiger partial charge on any atom is 0.325 e. The van der Waals surface area contributed by atoms with E-state index in [-0.39, 0.29) is 6.61 Å². The fourth-order valence-corrected chi connectivity index (χ4v) is 2.15. The number of fused-ring (bicyclic) bond motifs is 1. The van der Waals surface area contributed by atoms with E-state index in [4.69, 9.17) is 10.5 Å². The maximum atomic E-state index is 11.7. The third-order valence-electron chi connectivity index (χ3n) is 3.09. The molecule has 2 rings (SSSR count). The topological polar surface area (TPSA) is 85.4 Å². The molecule has 0 radical (unpaired) electrons. The van der Waals surface area contributed by atoms with Crippen LogP contribution >= 0.6 is 0 Å². The van der Waals surface area contributed by atoms with Gasteiger partial charge in [-0.15, -0.1) is 0 Å². The highest BCUT2D eigenvalue weighted by atomic mass is 16.5. The summed E-state index contributed by atoms with van der Waals surface area (Å²) in [6.45, 7) is 3.76. The Morgan fingerprint density at radius 1 is 1.45 bits per heavy atom.